The summed E-state index contributed by atoms with van der Waals surface area (Å²) in [6.45, 7) is 0.942. The van der Waals surface area contributed by atoms with Crippen LogP contribution in [0.25, 0.3) is 0 Å². The average Bonchev–Trinajstić information content (AvgIpc) is 2.90. The van der Waals surface area contributed by atoms with Crippen molar-refractivity contribution in [2.24, 2.45) is 0 Å². The Bertz CT molecular complexity index is 761. The van der Waals surface area contributed by atoms with Crippen LogP contribution in [0, 0.1) is 0 Å². The van der Waals surface area contributed by atoms with Gasteiger partial charge in [-0.25, -0.2) is 4.79 Å². The van der Waals surface area contributed by atoms with Gasteiger partial charge in [-0.3, -0.25) is 0 Å². The number of benzene rings is 2. The van der Waals surface area contributed by atoms with Gasteiger partial charge in [0.25, 0.3) is 0 Å². The third-order valence-electron chi connectivity index (χ3n) is 4.50. The highest BCUT2D eigenvalue weighted by atomic mass is 35.5. The molecule has 0 bridgehead atoms. The predicted molar refractivity (Wildman–Crippen MR) is 83.0 cm³/mol. The Kier molecular flexibility index (Phi) is 3.01. The minimum absolute atomic E-state index is 0.0634. The van der Waals surface area contributed by atoms with E-state index in [1.807, 2.05) is 36.4 Å². The molecule has 0 aromatic heterocycles. The average molecular weight is 316 g/mol. The van der Waals surface area contributed by atoms with E-state index in [0.717, 1.165) is 22.6 Å². The number of hydrogen-bond acceptors (Lipinski definition) is 2. The molecule has 1 unspecified atom stereocenters. The molecule has 4 nitrogen and oxygen atoms in total. The molecule has 2 aliphatic heterocycles. The van der Waals surface area contributed by atoms with Crippen molar-refractivity contribution in [3.63, 3.8) is 0 Å². The Hall–Kier alpha value is -2.20. The van der Waals surface area contributed by atoms with Gasteiger partial charge in [0.05, 0.1) is 0 Å². The molecule has 22 heavy (non-hydrogen) atoms. The minimum atomic E-state index is -0.880. The number of carbonyl (C=O) groups is 1. The van der Waals surface area contributed by atoms with Crippen molar-refractivity contribution in [2.45, 2.75) is 11.8 Å². The van der Waals surface area contributed by atoms with Crippen LogP contribution in [0.1, 0.15) is 23.0 Å². The van der Waals surface area contributed by atoms with E-state index in [0.29, 0.717) is 18.1 Å². The maximum atomic E-state index is 11.4. The summed E-state index contributed by atoms with van der Waals surface area (Å²) in [4.78, 5) is 12.9. The van der Waals surface area contributed by atoms with Crippen molar-refractivity contribution in [3.8, 4) is 11.5 Å². The second-order valence-electron chi connectivity index (χ2n) is 5.72. The van der Waals surface area contributed by atoms with Gasteiger partial charge in [0.15, 0.2) is 0 Å². The number of hydrogen-bond donors (Lipinski definition) is 1. The lowest BCUT2D eigenvalue weighted by Crippen LogP contribution is -2.26. The van der Waals surface area contributed by atoms with Crippen molar-refractivity contribution in [3.05, 3.63) is 58.6 Å². The maximum absolute atomic E-state index is 11.4. The summed E-state index contributed by atoms with van der Waals surface area (Å²) in [6, 6.07) is 13.4. The van der Waals surface area contributed by atoms with E-state index in [1.54, 1.807) is 6.07 Å². The number of halogens is 1. The first-order valence-corrected chi connectivity index (χ1v) is 7.55. The van der Waals surface area contributed by atoms with Crippen LogP contribution in [0.15, 0.2) is 42.5 Å². The van der Waals surface area contributed by atoms with Gasteiger partial charge in [-0.15, -0.1) is 0 Å². The first kappa shape index (κ1) is 13.5. The van der Waals surface area contributed by atoms with E-state index < -0.39 is 6.09 Å². The molecular weight excluding hydrogens is 302 g/mol. The van der Waals surface area contributed by atoms with Gasteiger partial charge in [-0.1, -0.05) is 29.8 Å². The number of amides is 1. The number of fused-ring (bicyclic) bond motifs is 5. The van der Waals surface area contributed by atoms with Gasteiger partial charge >= 0.3 is 6.09 Å². The molecule has 2 atom stereocenters. The van der Waals surface area contributed by atoms with Gasteiger partial charge in [0.1, 0.15) is 11.5 Å². The van der Waals surface area contributed by atoms with Gasteiger partial charge in [-0.2, -0.15) is 0 Å². The summed E-state index contributed by atoms with van der Waals surface area (Å²) in [5.41, 5.74) is 2.04. The molecule has 4 rings (SSSR count). The molecule has 1 amide bonds. The van der Waals surface area contributed by atoms with Crippen molar-refractivity contribution in [1.29, 1.82) is 0 Å². The van der Waals surface area contributed by atoms with Gasteiger partial charge < -0.3 is 14.7 Å². The molecule has 0 spiro atoms. The van der Waals surface area contributed by atoms with Crippen molar-refractivity contribution in [2.75, 3.05) is 13.1 Å². The van der Waals surface area contributed by atoms with Crippen LogP contribution >= 0.6 is 11.6 Å². The van der Waals surface area contributed by atoms with Gasteiger partial charge in [0, 0.05) is 41.1 Å². The van der Waals surface area contributed by atoms with Gasteiger partial charge in [0.2, 0.25) is 0 Å². The fraction of sp³-hybridized carbons (Fsp3) is 0.235. The molecular formula is C17H14ClNO3. The molecule has 2 heterocycles. The van der Waals surface area contributed by atoms with Crippen LogP contribution in [0.3, 0.4) is 0 Å². The SMILES string of the molecule is O=C(O)N1CC2c3cc(Cl)ccc3Oc3ccccc3[C@H]2C1. The molecule has 2 aromatic carbocycles. The fourth-order valence-electron chi connectivity index (χ4n) is 3.49. The highest BCUT2D eigenvalue weighted by Gasteiger charge is 2.41. The number of ether oxygens (including phenoxy) is 1. The van der Waals surface area contributed by atoms with Crippen molar-refractivity contribution < 1.29 is 14.6 Å². The molecule has 0 radical (unpaired) electrons. The molecule has 2 aliphatic rings. The molecule has 112 valence electrons. The van der Waals surface area contributed by atoms with Crippen LogP contribution in [0.4, 0.5) is 4.79 Å². The lowest BCUT2D eigenvalue weighted by atomic mass is 9.84. The second-order valence-corrected chi connectivity index (χ2v) is 6.16. The second kappa shape index (κ2) is 4.92. The smallest absolute Gasteiger partial charge is 0.407 e. The molecule has 0 aliphatic carbocycles. The number of nitrogens with zero attached hydrogens (tertiary/aromatic N) is 1. The minimum Gasteiger partial charge on any atom is -0.465 e. The van der Waals surface area contributed by atoms with E-state index in [-0.39, 0.29) is 11.8 Å². The first-order chi connectivity index (χ1) is 10.6. The summed E-state index contributed by atoms with van der Waals surface area (Å²) in [5.74, 6) is 1.71. The van der Waals surface area contributed by atoms with Crippen molar-refractivity contribution >= 4 is 17.7 Å². The zero-order valence-electron chi connectivity index (χ0n) is 11.7. The molecule has 1 fully saturated rings. The monoisotopic (exact) mass is 315 g/mol. The molecule has 2 aromatic rings. The van der Waals surface area contributed by atoms with E-state index in [2.05, 4.69) is 0 Å². The molecule has 0 saturated carbocycles. The standard InChI is InChI=1S/C17H14ClNO3/c18-10-5-6-16-12(7-10)14-9-19(17(20)21)8-13(14)11-3-1-2-4-15(11)22-16/h1-7,13-14H,8-9H2,(H,20,21)/t13-,14?/m1/s1. The normalized spacial score (nSPS) is 22.1. The zero-order valence-corrected chi connectivity index (χ0v) is 12.5. The quantitative estimate of drug-likeness (QED) is 0.788. The highest BCUT2D eigenvalue weighted by Crippen LogP contribution is 2.50. The van der Waals surface area contributed by atoms with Crippen LogP contribution in [-0.2, 0) is 0 Å². The molecule has 5 heteroatoms. The highest BCUT2D eigenvalue weighted by molar-refractivity contribution is 6.30. The number of likely N-dealkylation sites (tertiary alicyclic amines) is 1. The molecule has 1 N–H and O–H groups in total. The Labute approximate surface area is 132 Å². The number of carboxylic acid groups (broad SMARTS) is 1. The molecule has 1 saturated heterocycles. The summed E-state index contributed by atoms with van der Waals surface area (Å²) in [7, 11) is 0. The number of rotatable bonds is 0. The fourth-order valence-corrected chi connectivity index (χ4v) is 3.67. The zero-order chi connectivity index (χ0) is 15.3. The predicted octanol–water partition coefficient (Wildman–Crippen LogP) is 4.31. The Morgan fingerprint density at radius 3 is 2.55 bits per heavy atom. The van der Waals surface area contributed by atoms with Gasteiger partial charge in [-0.05, 0) is 24.3 Å². The topological polar surface area (TPSA) is 49.8 Å². The van der Waals surface area contributed by atoms with Crippen LogP contribution in [0.2, 0.25) is 5.02 Å². The Morgan fingerprint density at radius 1 is 1.09 bits per heavy atom. The lowest BCUT2D eigenvalue weighted by molar-refractivity contribution is 0.154. The third kappa shape index (κ3) is 2.03. The summed E-state index contributed by atoms with van der Waals surface area (Å²) < 4.78 is 6.06. The van der Waals surface area contributed by atoms with Crippen LogP contribution in [0.5, 0.6) is 11.5 Å². The maximum Gasteiger partial charge on any atom is 0.407 e. The van der Waals surface area contributed by atoms with E-state index in [9.17, 15) is 9.90 Å². The first-order valence-electron chi connectivity index (χ1n) is 7.17. The summed E-state index contributed by atoms with van der Waals surface area (Å²) >= 11 is 6.15. The van der Waals surface area contributed by atoms with E-state index in [1.165, 1.54) is 4.90 Å². The largest absolute Gasteiger partial charge is 0.465 e. The van der Waals surface area contributed by atoms with Crippen molar-refractivity contribution in [1.82, 2.24) is 4.90 Å². The number of para-hydroxylation sites is 1. The Morgan fingerprint density at radius 2 is 1.77 bits per heavy atom. The summed E-state index contributed by atoms with van der Waals surface area (Å²) in [5, 5.41) is 9.99. The third-order valence-corrected chi connectivity index (χ3v) is 4.74. The van der Waals surface area contributed by atoms with Crippen LogP contribution in [-0.4, -0.2) is 29.2 Å². The summed E-state index contributed by atoms with van der Waals surface area (Å²) in [6.07, 6.45) is -0.880. The van der Waals surface area contributed by atoms with E-state index >= 15 is 0 Å². The lowest BCUT2D eigenvalue weighted by Gasteiger charge is -2.16. The van der Waals surface area contributed by atoms with Crippen LogP contribution < -0.4 is 4.74 Å². The van der Waals surface area contributed by atoms with E-state index in [4.69, 9.17) is 16.3 Å². The Balaban J connectivity index is 1.89.